The third-order valence-corrected chi connectivity index (χ3v) is 5.85. The summed E-state index contributed by atoms with van der Waals surface area (Å²) in [7, 11) is 0. The molecule has 6 heteroatoms. The molecule has 0 radical (unpaired) electrons. The lowest BCUT2D eigenvalue weighted by atomic mass is 9.59. The predicted molar refractivity (Wildman–Crippen MR) is 91.9 cm³/mol. The lowest BCUT2D eigenvalue weighted by Crippen LogP contribution is -2.42. The average molecular weight is 356 g/mol. The molecule has 1 saturated heterocycles. The van der Waals surface area contributed by atoms with Gasteiger partial charge in [-0.15, -0.1) is 0 Å². The van der Waals surface area contributed by atoms with Crippen LogP contribution in [0.1, 0.15) is 46.0 Å². The number of hydrogen-bond acceptors (Lipinski definition) is 6. The van der Waals surface area contributed by atoms with Gasteiger partial charge in [0.2, 0.25) is 0 Å². The Morgan fingerprint density at radius 1 is 1.12 bits per heavy atom. The summed E-state index contributed by atoms with van der Waals surface area (Å²) in [4.78, 5) is 0. The van der Waals surface area contributed by atoms with Gasteiger partial charge in [-0.1, -0.05) is 18.6 Å². The maximum Gasteiger partial charge on any atom is 0.190 e. The topological polar surface area (TPSA) is 88.4 Å². The van der Waals surface area contributed by atoms with Crippen molar-refractivity contribution in [2.75, 3.05) is 33.0 Å². The van der Waals surface area contributed by atoms with Crippen LogP contribution in [-0.2, 0) is 14.2 Å². The molecule has 1 aliphatic heterocycles. The Bertz CT molecular complexity index is 494. The second-order valence-electron chi connectivity index (χ2n) is 8.63. The van der Waals surface area contributed by atoms with Crippen molar-refractivity contribution in [2.24, 2.45) is 10.8 Å². The Kier molecular flexibility index (Phi) is 5.59. The van der Waals surface area contributed by atoms with Crippen LogP contribution in [0.25, 0.3) is 0 Å². The molecule has 0 aromatic heterocycles. The van der Waals surface area contributed by atoms with E-state index in [1.807, 2.05) is 0 Å². The second-order valence-corrected chi connectivity index (χ2v) is 8.63. The molecule has 0 aromatic rings. The van der Waals surface area contributed by atoms with Gasteiger partial charge in [-0.25, -0.2) is 0 Å². The number of ether oxygens (including phenoxy) is 3. The van der Waals surface area contributed by atoms with Crippen molar-refractivity contribution in [3.05, 3.63) is 11.6 Å². The van der Waals surface area contributed by atoms with Crippen LogP contribution in [0.2, 0.25) is 0 Å². The van der Waals surface area contributed by atoms with Crippen LogP contribution in [0.3, 0.4) is 0 Å². The van der Waals surface area contributed by atoms with Gasteiger partial charge in [0, 0.05) is 12.0 Å². The minimum absolute atomic E-state index is 0.00860. The molecule has 0 aromatic carbocycles. The first-order valence-corrected chi connectivity index (χ1v) is 9.31. The lowest BCUT2D eigenvalue weighted by molar-refractivity contribution is -0.203. The minimum atomic E-state index is -0.955. The van der Waals surface area contributed by atoms with Crippen LogP contribution >= 0.6 is 0 Å². The molecule has 1 heterocycles. The monoisotopic (exact) mass is 356 g/mol. The summed E-state index contributed by atoms with van der Waals surface area (Å²) in [6.07, 6.45) is 6.59. The van der Waals surface area contributed by atoms with E-state index in [1.54, 1.807) is 6.92 Å². The molecular formula is C19H32O6. The van der Waals surface area contributed by atoms with Crippen LogP contribution in [0.5, 0.6) is 0 Å². The summed E-state index contributed by atoms with van der Waals surface area (Å²) >= 11 is 0. The Morgan fingerprint density at radius 3 is 2.40 bits per heavy atom. The van der Waals surface area contributed by atoms with E-state index in [0.717, 1.165) is 32.1 Å². The molecule has 2 fully saturated rings. The molecular weight excluding hydrogens is 324 g/mol. The van der Waals surface area contributed by atoms with Crippen molar-refractivity contribution >= 4 is 0 Å². The first-order valence-electron chi connectivity index (χ1n) is 9.31. The van der Waals surface area contributed by atoms with Crippen molar-refractivity contribution in [2.45, 2.75) is 63.9 Å². The summed E-state index contributed by atoms with van der Waals surface area (Å²) in [5.74, 6) is -0.955. The number of aliphatic hydroxyl groups excluding tert-OH is 3. The predicted octanol–water partition coefficient (Wildman–Crippen LogP) is 1.38. The second kappa shape index (κ2) is 7.25. The average Bonchev–Trinajstić information content (AvgIpc) is 2.90. The first-order chi connectivity index (χ1) is 11.8. The smallest absolute Gasteiger partial charge is 0.190 e. The fourth-order valence-corrected chi connectivity index (χ4v) is 4.97. The standard InChI is InChI=1S/C19H32O6/c1-17(6-14-4-3-5-19(7-14,10-17)11-22)12-23-13-18(2)24-15(8-20)16(9-21)25-18/h6,15-16,20-22H,3-5,7-13H2,1-2H3. The van der Waals surface area contributed by atoms with Crippen molar-refractivity contribution in [1.29, 1.82) is 0 Å². The highest BCUT2D eigenvalue weighted by Crippen LogP contribution is 2.52. The summed E-state index contributed by atoms with van der Waals surface area (Å²) < 4.78 is 17.4. The van der Waals surface area contributed by atoms with Crippen LogP contribution < -0.4 is 0 Å². The van der Waals surface area contributed by atoms with E-state index in [4.69, 9.17) is 14.2 Å². The lowest BCUT2D eigenvalue weighted by Gasteiger charge is -2.47. The maximum atomic E-state index is 9.92. The van der Waals surface area contributed by atoms with Crippen molar-refractivity contribution in [3.8, 4) is 0 Å². The van der Waals surface area contributed by atoms with Gasteiger partial charge >= 0.3 is 0 Å². The number of fused-ring (bicyclic) bond motifs is 2. The Labute approximate surface area is 149 Å². The number of hydrogen-bond donors (Lipinski definition) is 3. The van der Waals surface area contributed by atoms with Gasteiger partial charge in [0.1, 0.15) is 18.8 Å². The SMILES string of the molecule is CC1(COCC2(C)OC(CO)C(CO)O2)C=C2CCCC(CO)(C2)C1. The molecule has 6 nitrogen and oxygen atoms in total. The molecule has 2 aliphatic carbocycles. The highest BCUT2D eigenvalue weighted by atomic mass is 16.8. The zero-order chi connectivity index (χ0) is 18.1. The van der Waals surface area contributed by atoms with E-state index in [9.17, 15) is 15.3 Å². The van der Waals surface area contributed by atoms with E-state index in [1.165, 1.54) is 5.57 Å². The maximum absolute atomic E-state index is 9.92. The van der Waals surface area contributed by atoms with Crippen molar-refractivity contribution in [3.63, 3.8) is 0 Å². The van der Waals surface area contributed by atoms with Gasteiger partial charge in [-0.3, -0.25) is 0 Å². The zero-order valence-corrected chi connectivity index (χ0v) is 15.4. The molecule has 144 valence electrons. The van der Waals surface area contributed by atoms with E-state index in [-0.39, 0.29) is 37.3 Å². The number of aliphatic hydroxyl groups is 3. The van der Waals surface area contributed by atoms with Crippen LogP contribution in [-0.4, -0.2) is 66.3 Å². The summed E-state index contributed by atoms with van der Waals surface area (Å²) in [5.41, 5.74) is 1.35. The van der Waals surface area contributed by atoms with Gasteiger partial charge in [0.25, 0.3) is 0 Å². The first kappa shape index (κ1) is 19.3. The molecule has 3 rings (SSSR count). The Balaban J connectivity index is 1.58. The highest BCUT2D eigenvalue weighted by molar-refractivity contribution is 5.20. The molecule has 0 amide bonds. The molecule has 4 unspecified atom stereocenters. The Morgan fingerprint density at radius 2 is 1.80 bits per heavy atom. The van der Waals surface area contributed by atoms with E-state index in [2.05, 4.69) is 13.0 Å². The molecule has 4 atom stereocenters. The van der Waals surface area contributed by atoms with Gasteiger partial charge in [0.05, 0.1) is 19.8 Å². The summed E-state index contributed by atoms with van der Waals surface area (Å²) in [5, 5.41) is 28.6. The van der Waals surface area contributed by atoms with Gasteiger partial charge in [-0.2, -0.15) is 0 Å². The van der Waals surface area contributed by atoms with Crippen LogP contribution in [0, 0.1) is 10.8 Å². The van der Waals surface area contributed by atoms with Gasteiger partial charge in [-0.05, 0) is 44.4 Å². The normalized spacial score (nSPS) is 44.0. The minimum Gasteiger partial charge on any atom is -0.396 e. The van der Waals surface area contributed by atoms with E-state index >= 15 is 0 Å². The fraction of sp³-hybridized carbons (Fsp3) is 0.895. The van der Waals surface area contributed by atoms with Crippen LogP contribution in [0.4, 0.5) is 0 Å². The fourth-order valence-electron chi connectivity index (χ4n) is 4.97. The third kappa shape index (κ3) is 4.10. The molecule has 3 N–H and O–H groups in total. The van der Waals surface area contributed by atoms with Crippen molar-refractivity contribution < 1.29 is 29.5 Å². The molecule has 0 spiro atoms. The number of rotatable bonds is 7. The highest BCUT2D eigenvalue weighted by Gasteiger charge is 2.46. The van der Waals surface area contributed by atoms with E-state index in [0.29, 0.717) is 6.61 Å². The van der Waals surface area contributed by atoms with Gasteiger partial charge < -0.3 is 29.5 Å². The molecule has 25 heavy (non-hydrogen) atoms. The third-order valence-electron chi connectivity index (χ3n) is 5.85. The quantitative estimate of drug-likeness (QED) is 0.597. The molecule has 2 bridgehead atoms. The Hall–Kier alpha value is -0.500. The largest absolute Gasteiger partial charge is 0.396 e. The molecule has 1 saturated carbocycles. The number of allylic oxidation sites excluding steroid dienone is 1. The zero-order valence-electron chi connectivity index (χ0n) is 15.4. The van der Waals surface area contributed by atoms with Crippen LogP contribution in [0.15, 0.2) is 11.6 Å². The molecule has 3 aliphatic rings. The van der Waals surface area contributed by atoms with E-state index < -0.39 is 18.0 Å². The van der Waals surface area contributed by atoms with Gasteiger partial charge in [0.15, 0.2) is 5.79 Å². The summed E-state index contributed by atoms with van der Waals surface area (Å²) in [6.45, 7) is 4.59. The summed E-state index contributed by atoms with van der Waals surface area (Å²) in [6, 6.07) is 0. The van der Waals surface area contributed by atoms with Crippen molar-refractivity contribution in [1.82, 2.24) is 0 Å².